The van der Waals surface area contributed by atoms with Gasteiger partial charge in [-0.15, -0.1) is 0 Å². The minimum absolute atomic E-state index is 0.0515. The van der Waals surface area contributed by atoms with Crippen molar-refractivity contribution in [1.82, 2.24) is 10.3 Å². The van der Waals surface area contributed by atoms with E-state index in [0.29, 0.717) is 17.1 Å². The van der Waals surface area contributed by atoms with Gasteiger partial charge in [0.15, 0.2) is 0 Å². The number of rotatable bonds is 4. The lowest BCUT2D eigenvalue weighted by Gasteiger charge is -2.33. The van der Waals surface area contributed by atoms with Gasteiger partial charge in [-0.3, -0.25) is 4.79 Å². The first-order chi connectivity index (χ1) is 12.4. The highest BCUT2D eigenvalue weighted by molar-refractivity contribution is 6.31. The molecule has 0 saturated heterocycles. The lowest BCUT2D eigenvalue weighted by atomic mass is 9.90. The Balaban J connectivity index is 1.70. The Hall–Kier alpha value is -2.34. The SMILES string of the molecule is Cc1cnc(NC2CCCCC2NC(=O)c2ccc(F)c(Cl)c2)cc1N. The van der Waals surface area contributed by atoms with Crippen molar-refractivity contribution >= 4 is 29.0 Å². The summed E-state index contributed by atoms with van der Waals surface area (Å²) in [5.74, 6) is -0.102. The highest BCUT2D eigenvalue weighted by Crippen LogP contribution is 2.24. The molecular weight excluding hydrogens is 355 g/mol. The summed E-state index contributed by atoms with van der Waals surface area (Å²) in [6.07, 6.45) is 5.63. The molecule has 1 heterocycles. The van der Waals surface area contributed by atoms with Crippen molar-refractivity contribution in [3.8, 4) is 0 Å². The number of anilines is 2. The van der Waals surface area contributed by atoms with E-state index in [4.69, 9.17) is 17.3 Å². The summed E-state index contributed by atoms with van der Waals surface area (Å²) in [6.45, 7) is 1.91. The molecular formula is C19H22ClFN4O. The van der Waals surface area contributed by atoms with Crippen molar-refractivity contribution in [3.05, 3.63) is 52.4 Å². The van der Waals surface area contributed by atoms with Gasteiger partial charge < -0.3 is 16.4 Å². The van der Waals surface area contributed by atoms with Crippen LogP contribution in [0, 0.1) is 12.7 Å². The lowest BCUT2D eigenvalue weighted by Crippen LogP contribution is -2.48. The second-order valence-electron chi connectivity index (χ2n) is 6.67. The van der Waals surface area contributed by atoms with Crippen LogP contribution in [-0.4, -0.2) is 23.0 Å². The largest absolute Gasteiger partial charge is 0.398 e. The van der Waals surface area contributed by atoms with Gasteiger partial charge in [-0.25, -0.2) is 9.37 Å². The number of hydrogen-bond donors (Lipinski definition) is 3. The van der Waals surface area contributed by atoms with Crippen molar-refractivity contribution in [2.45, 2.75) is 44.7 Å². The molecule has 0 radical (unpaired) electrons. The summed E-state index contributed by atoms with van der Waals surface area (Å²) in [4.78, 5) is 16.9. The van der Waals surface area contributed by atoms with Crippen LogP contribution < -0.4 is 16.4 Å². The molecule has 3 rings (SSSR count). The van der Waals surface area contributed by atoms with Crippen LogP contribution in [0.1, 0.15) is 41.6 Å². The molecule has 1 fully saturated rings. The molecule has 2 unspecified atom stereocenters. The molecule has 7 heteroatoms. The molecule has 2 aromatic rings. The number of hydrogen-bond acceptors (Lipinski definition) is 4. The van der Waals surface area contributed by atoms with Crippen molar-refractivity contribution < 1.29 is 9.18 Å². The average molecular weight is 377 g/mol. The summed E-state index contributed by atoms with van der Waals surface area (Å²) >= 11 is 5.78. The highest BCUT2D eigenvalue weighted by Gasteiger charge is 2.27. The van der Waals surface area contributed by atoms with E-state index >= 15 is 0 Å². The van der Waals surface area contributed by atoms with Gasteiger partial charge >= 0.3 is 0 Å². The van der Waals surface area contributed by atoms with Crippen molar-refractivity contribution in [2.75, 3.05) is 11.1 Å². The van der Waals surface area contributed by atoms with E-state index in [1.807, 2.05) is 13.0 Å². The monoisotopic (exact) mass is 376 g/mol. The summed E-state index contributed by atoms with van der Waals surface area (Å²) in [7, 11) is 0. The number of aryl methyl sites for hydroxylation is 1. The molecule has 4 N–H and O–H groups in total. The Bertz CT molecular complexity index is 814. The first kappa shape index (κ1) is 18.5. The molecule has 0 bridgehead atoms. The number of carbonyl (C=O) groups is 1. The second-order valence-corrected chi connectivity index (χ2v) is 7.08. The molecule has 2 atom stereocenters. The number of carbonyl (C=O) groups excluding carboxylic acids is 1. The normalized spacial score (nSPS) is 19.8. The molecule has 5 nitrogen and oxygen atoms in total. The van der Waals surface area contributed by atoms with Crippen LogP contribution in [-0.2, 0) is 0 Å². The van der Waals surface area contributed by atoms with Gasteiger partial charge in [0, 0.05) is 35.6 Å². The summed E-state index contributed by atoms with van der Waals surface area (Å²) in [5, 5.41) is 6.36. The quantitative estimate of drug-likeness (QED) is 0.755. The topological polar surface area (TPSA) is 80.0 Å². The number of nitrogens with one attached hydrogen (secondary N) is 2. The number of aromatic nitrogens is 1. The predicted octanol–water partition coefficient (Wildman–Crippen LogP) is 3.92. The molecule has 1 aliphatic carbocycles. The standard InChI is InChI=1S/C19H22ClFN4O/c1-11-10-23-18(9-15(11)22)24-16-4-2-3-5-17(16)25-19(26)12-6-7-14(21)13(20)8-12/h6-10,16-17H,2-5H2,1H3,(H,25,26)(H3,22,23,24). The van der Waals surface area contributed by atoms with E-state index in [9.17, 15) is 9.18 Å². The van der Waals surface area contributed by atoms with Gasteiger partial charge in [-0.1, -0.05) is 24.4 Å². The molecule has 0 aliphatic heterocycles. The summed E-state index contributed by atoms with van der Waals surface area (Å²) in [6, 6.07) is 5.79. The summed E-state index contributed by atoms with van der Waals surface area (Å²) < 4.78 is 13.3. The molecule has 26 heavy (non-hydrogen) atoms. The number of amides is 1. The Morgan fingerprint density at radius 1 is 1.27 bits per heavy atom. The van der Waals surface area contributed by atoms with E-state index in [1.165, 1.54) is 18.2 Å². The van der Waals surface area contributed by atoms with Crippen molar-refractivity contribution in [3.63, 3.8) is 0 Å². The predicted molar refractivity (Wildman–Crippen MR) is 102 cm³/mol. The van der Waals surface area contributed by atoms with E-state index in [2.05, 4.69) is 15.6 Å². The molecule has 1 amide bonds. The fourth-order valence-corrected chi connectivity index (χ4v) is 3.35. The Kier molecular flexibility index (Phi) is 5.61. The number of nitrogen functional groups attached to an aromatic ring is 1. The third-order valence-corrected chi connectivity index (χ3v) is 5.03. The van der Waals surface area contributed by atoms with Gasteiger partial charge in [0.25, 0.3) is 5.91 Å². The molecule has 1 saturated carbocycles. The van der Waals surface area contributed by atoms with Gasteiger partial charge in [0.1, 0.15) is 11.6 Å². The molecule has 0 spiro atoms. The van der Waals surface area contributed by atoms with Gasteiger partial charge in [-0.2, -0.15) is 0 Å². The number of nitrogens with zero attached hydrogens (tertiary/aromatic N) is 1. The first-order valence-corrected chi connectivity index (χ1v) is 9.06. The van der Waals surface area contributed by atoms with E-state index in [-0.39, 0.29) is 23.0 Å². The maximum atomic E-state index is 13.3. The molecule has 1 aromatic heterocycles. The van der Waals surface area contributed by atoms with Crippen LogP contribution >= 0.6 is 11.6 Å². The van der Waals surface area contributed by atoms with Crippen molar-refractivity contribution in [2.24, 2.45) is 0 Å². The van der Waals surface area contributed by atoms with Crippen LogP contribution in [0.25, 0.3) is 0 Å². The van der Waals surface area contributed by atoms with E-state index < -0.39 is 5.82 Å². The average Bonchev–Trinajstić information content (AvgIpc) is 2.62. The van der Waals surface area contributed by atoms with Crippen molar-refractivity contribution in [1.29, 1.82) is 0 Å². The number of pyridine rings is 1. The maximum absolute atomic E-state index is 13.3. The molecule has 1 aliphatic rings. The van der Waals surface area contributed by atoms with Gasteiger partial charge in [-0.05, 0) is 43.5 Å². The highest BCUT2D eigenvalue weighted by atomic mass is 35.5. The van der Waals surface area contributed by atoms with Gasteiger partial charge in [0.05, 0.1) is 5.02 Å². The Morgan fingerprint density at radius 2 is 2.00 bits per heavy atom. The zero-order chi connectivity index (χ0) is 18.7. The van der Waals surface area contributed by atoms with Gasteiger partial charge in [0.2, 0.25) is 0 Å². The smallest absolute Gasteiger partial charge is 0.251 e. The lowest BCUT2D eigenvalue weighted by molar-refractivity contribution is 0.0923. The summed E-state index contributed by atoms with van der Waals surface area (Å²) in [5.41, 5.74) is 7.90. The maximum Gasteiger partial charge on any atom is 0.251 e. The van der Waals surface area contributed by atoms with E-state index in [1.54, 1.807) is 6.20 Å². The zero-order valence-corrected chi connectivity index (χ0v) is 15.3. The van der Waals surface area contributed by atoms with Crippen LogP contribution in [0.4, 0.5) is 15.9 Å². The number of halogens is 2. The van der Waals surface area contributed by atoms with Crippen LogP contribution in [0.3, 0.4) is 0 Å². The molecule has 138 valence electrons. The zero-order valence-electron chi connectivity index (χ0n) is 14.6. The van der Waals surface area contributed by atoms with Crippen LogP contribution in [0.15, 0.2) is 30.5 Å². The third kappa shape index (κ3) is 4.25. The Morgan fingerprint density at radius 3 is 2.69 bits per heavy atom. The Labute approximate surface area is 157 Å². The number of nitrogens with two attached hydrogens (primary N) is 1. The first-order valence-electron chi connectivity index (χ1n) is 8.68. The number of benzene rings is 1. The second kappa shape index (κ2) is 7.91. The van der Waals surface area contributed by atoms with Crippen LogP contribution in [0.2, 0.25) is 5.02 Å². The fourth-order valence-electron chi connectivity index (χ4n) is 3.17. The van der Waals surface area contributed by atoms with Crippen LogP contribution in [0.5, 0.6) is 0 Å². The molecule has 1 aromatic carbocycles. The minimum Gasteiger partial charge on any atom is -0.398 e. The minimum atomic E-state index is -0.538. The third-order valence-electron chi connectivity index (χ3n) is 4.74. The fraction of sp³-hybridized carbons (Fsp3) is 0.368. The van der Waals surface area contributed by atoms with E-state index in [0.717, 1.165) is 31.2 Å².